The van der Waals surface area contributed by atoms with Crippen LogP contribution in [0.1, 0.15) is 33.3 Å². The highest BCUT2D eigenvalue weighted by atomic mass is 19.4. The summed E-state index contributed by atoms with van der Waals surface area (Å²) in [6, 6.07) is 1.78. The topological polar surface area (TPSA) is 27.7 Å². The van der Waals surface area contributed by atoms with E-state index in [0.717, 1.165) is 19.2 Å². The van der Waals surface area contributed by atoms with E-state index >= 15 is 0 Å². The lowest BCUT2D eigenvalue weighted by Crippen LogP contribution is -2.41. The van der Waals surface area contributed by atoms with Gasteiger partial charge < -0.3 is 14.0 Å². The molecule has 0 atom stereocenters. The van der Waals surface area contributed by atoms with Gasteiger partial charge in [-0.05, 0) is 33.8 Å². The van der Waals surface area contributed by atoms with Crippen LogP contribution in [0.25, 0.3) is 0 Å². The molecular formula is C14H17BF4O3. The van der Waals surface area contributed by atoms with Crippen LogP contribution in [0.3, 0.4) is 0 Å². The first-order valence-corrected chi connectivity index (χ1v) is 6.70. The largest absolute Gasteiger partial charge is 0.497 e. The number of hydrogen-bond acceptors (Lipinski definition) is 3. The van der Waals surface area contributed by atoms with Crippen LogP contribution in [0.4, 0.5) is 17.6 Å². The number of hydrogen-bond donors (Lipinski definition) is 0. The first-order valence-electron chi connectivity index (χ1n) is 6.70. The lowest BCUT2D eigenvalue weighted by atomic mass is 9.78. The summed E-state index contributed by atoms with van der Waals surface area (Å²) in [5.41, 5.74) is -2.74. The van der Waals surface area contributed by atoms with E-state index in [1.807, 2.05) is 0 Å². The third kappa shape index (κ3) is 2.69. The van der Waals surface area contributed by atoms with E-state index in [4.69, 9.17) is 9.31 Å². The molecule has 0 unspecified atom stereocenters. The normalized spacial score (nSPS) is 20.3. The van der Waals surface area contributed by atoms with Crippen molar-refractivity contribution in [3.8, 4) is 5.75 Å². The van der Waals surface area contributed by atoms with Gasteiger partial charge in [0.1, 0.15) is 5.56 Å². The van der Waals surface area contributed by atoms with Gasteiger partial charge in [-0.3, -0.25) is 0 Å². The van der Waals surface area contributed by atoms with E-state index in [2.05, 4.69) is 4.74 Å². The minimum Gasteiger partial charge on any atom is -0.493 e. The van der Waals surface area contributed by atoms with Gasteiger partial charge in [0.15, 0.2) is 11.6 Å². The predicted molar refractivity (Wildman–Crippen MR) is 73.7 cm³/mol. The van der Waals surface area contributed by atoms with Crippen LogP contribution in [0.15, 0.2) is 12.1 Å². The Kier molecular flexibility index (Phi) is 3.98. The molecule has 0 aromatic heterocycles. The Morgan fingerprint density at radius 1 is 1.05 bits per heavy atom. The van der Waals surface area contributed by atoms with Crippen molar-refractivity contribution in [1.82, 2.24) is 0 Å². The van der Waals surface area contributed by atoms with Gasteiger partial charge in [0.05, 0.1) is 18.3 Å². The lowest BCUT2D eigenvalue weighted by molar-refractivity contribution is -0.139. The molecule has 0 bridgehead atoms. The number of methoxy groups -OCH3 is 1. The molecule has 1 saturated heterocycles. The third-order valence-corrected chi connectivity index (χ3v) is 4.14. The van der Waals surface area contributed by atoms with E-state index < -0.39 is 41.6 Å². The first kappa shape index (κ1) is 17.1. The highest BCUT2D eigenvalue weighted by molar-refractivity contribution is 6.62. The minimum atomic E-state index is -4.71. The Balaban J connectivity index is 2.47. The van der Waals surface area contributed by atoms with Crippen LogP contribution >= 0.6 is 0 Å². The Morgan fingerprint density at radius 3 is 1.95 bits per heavy atom. The summed E-state index contributed by atoms with van der Waals surface area (Å²) >= 11 is 0. The standard InChI is InChI=1S/C14H17BF4O3/c1-12(2)13(3,4)22-15(21-12)9-7-6-8(14(17,18)19)11(20-5)10(9)16/h6-7H,1-5H3. The molecule has 1 aromatic rings. The molecule has 1 fully saturated rings. The monoisotopic (exact) mass is 320 g/mol. The van der Waals surface area contributed by atoms with Crippen molar-refractivity contribution in [2.45, 2.75) is 45.1 Å². The van der Waals surface area contributed by atoms with Gasteiger partial charge >= 0.3 is 13.3 Å². The zero-order valence-corrected chi connectivity index (χ0v) is 13.0. The van der Waals surface area contributed by atoms with Crippen LogP contribution in [0, 0.1) is 5.82 Å². The van der Waals surface area contributed by atoms with Crippen LogP contribution in [-0.2, 0) is 15.5 Å². The Labute approximate surface area is 126 Å². The Morgan fingerprint density at radius 2 is 1.55 bits per heavy atom. The molecule has 0 amide bonds. The van der Waals surface area contributed by atoms with Gasteiger partial charge in [-0.1, -0.05) is 6.07 Å². The summed E-state index contributed by atoms with van der Waals surface area (Å²) in [4.78, 5) is 0. The highest BCUT2D eigenvalue weighted by Gasteiger charge is 2.53. The number of alkyl halides is 3. The van der Waals surface area contributed by atoms with E-state index in [1.165, 1.54) is 0 Å². The van der Waals surface area contributed by atoms with Crippen LogP contribution in [0.2, 0.25) is 0 Å². The molecule has 122 valence electrons. The summed E-state index contributed by atoms with van der Waals surface area (Å²) in [6.45, 7) is 7.08. The average Bonchev–Trinajstić information content (AvgIpc) is 2.56. The quantitative estimate of drug-likeness (QED) is 0.619. The smallest absolute Gasteiger partial charge is 0.493 e. The van der Waals surface area contributed by atoms with Gasteiger partial charge in [-0.15, -0.1) is 0 Å². The number of rotatable bonds is 2. The molecule has 1 heterocycles. The van der Waals surface area contributed by atoms with Crippen molar-refractivity contribution < 1.29 is 31.6 Å². The van der Waals surface area contributed by atoms with Gasteiger partial charge in [0.2, 0.25) is 0 Å². The number of ether oxygens (including phenoxy) is 1. The minimum absolute atomic E-state index is 0.122. The molecule has 0 aliphatic carbocycles. The van der Waals surface area contributed by atoms with Crippen molar-refractivity contribution >= 4 is 12.6 Å². The Bertz CT molecular complexity index is 568. The van der Waals surface area contributed by atoms with Gasteiger partial charge in [0.25, 0.3) is 0 Å². The summed E-state index contributed by atoms with van der Waals surface area (Å²) in [7, 11) is -0.108. The second-order valence-electron chi connectivity index (χ2n) is 6.14. The number of halogens is 4. The van der Waals surface area contributed by atoms with Crippen LogP contribution < -0.4 is 10.2 Å². The SMILES string of the molecule is COc1c(C(F)(F)F)ccc(B2OC(C)(C)C(C)(C)O2)c1F. The van der Waals surface area contributed by atoms with E-state index in [1.54, 1.807) is 27.7 Å². The van der Waals surface area contributed by atoms with Crippen LogP contribution in [0.5, 0.6) is 5.75 Å². The molecule has 1 aromatic carbocycles. The molecule has 0 N–H and O–H groups in total. The molecule has 8 heteroatoms. The van der Waals surface area contributed by atoms with Gasteiger partial charge in [-0.25, -0.2) is 4.39 Å². The summed E-state index contributed by atoms with van der Waals surface area (Å²) in [5, 5.41) is 0. The van der Waals surface area contributed by atoms with E-state index in [0.29, 0.717) is 0 Å². The molecule has 22 heavy (non-hydrogen) atoms. The summed E-state index contributed by atoms with van der Waals surface area (Å²) in [6.07, 6.45) is -4.71. The fourth-order valence-corrected chi connectivity index (χ4v) is 2.15. The maximum atomic E-state index is 14.4. The van der Waals surface area contributed by atoms with Gasteiger partial charge in [-0.2, -0.15) is 13.2 Å². The maximum absolute atomic E-state index is 14.4. The van der Waals surface area contributed by atoms with Gasteiger partial charge in [0, 0.05) is 5.46 Å². The number of benzene rings is 1. The summed E-state index contributed by atoms with van der Waals surface area (Å²) < 4.78 is 68.9. The van der Waals surface area contributed by atoms with Crippen molar-refractivity contribution in [2.75, 3.05) is 7.11 Å². The highest BCUT2D eigenvalue weighted by Crippen LogP contribution is 2.39. The zero-order chi connectivity index (χ0) is 16.9. The van der Waals surface area contributed by atoms with E-state index in [-0.39, 0.29) is 5.46 Å². The average molecular weight is 320 g/mol. The maximum Gasteiger partial charge on any atom is 0.497 e. The third-order valence-electron chi connectivity index (χ3n) is 4.14. The van der Waals surface area contributed by atoms with Crippen molar-refractivity contribution in [1.29, 1.82) is 0 Å². The fourth-order valence-electron chi connectivity index (χ4n) is 2.15. The zero-order valence-electron chi connectivity index (χ0n) is 13.0. The van der Waals surface area contributed by atoms with E-state index in [9.17, 15) is 17.6 Å². The Hall–Kier alpha value is -1.28. The van der Waals surface area contributed by atoms with Crippen molar-refractivity contribution in [2.24, 2.45) is 0 Å². The fraction of sp³-hybridized carbons (Fsp3) is 0.571. The molecule has 3 nitrogen and oxygen atoms in total. The second kappa shape index (κ2) is 5.13. The predicted octanol–water partition coefficient (Wildman–Crippen LogP) is 3.15. The lowest BCUT2D eigenvalue weighted by Gasteiger charge is -2.32. The van der Waals surface area contributed by atoms with Crippen molar-refractivity contribution in [3.63, 3.8) is 0 Å². The second-order valence-corrected chi connectivity index (χ2v) is 6.14. The van der Waals surface area contributed by atoms with Crippen LogP contribution in [-0.4, -0.2) is 25.4 Å². The molecule has 0 radical (unpaired) electrons. The summed E-state index contributed by atoms with van der Waals surface area (Å²) in [5.74, 6) is -1.99. The molecule has 0 saturated carbocycles. The molecule has 1 aliphatic rings. The molecular weight excluding hydrogens is 303 g/mol. The molecule has 2 rings (SSSR count). The van der Waals surface area contributed by atoms with Crippen molar-refractivity contribution in [3.05, 3.63) is 23.5 Å². The molecule has 0 spiro atoms. The molecule has 1 aliphatic heterocycles. The first-order chi connectivity index (χ1) is 9.90.